The minimum absolute atomic E-state index is 0.113. The van der Waals surface area contributed by atoms with Crippen molar-refractivity contribution < 1.29 is 18.7 Å². The summed E-state index contributed by atoms with van der Waals surface area (Å²) >= 11 is 0. The zero-order chi connectivity index (χ0) is 26.1. The number of hydrogen-bond acceptors (Lipinski definition) is 5. The molecule has 0 fully saturated rings. The van der Waals surface area contributed by atoms with E-state index in [1.165, 1.54) is 0 Å². The lowest BCUT2D eigenvalue weighted by Gasteiger charge is -2.25. The molecule has 3 aromatic carbocycles. The van der Waals surface area contributed by atoms with Crippen molar-refractivity contribution in [3.8, 4) is 11.5 Å². The molecule has 6 nitrogen and oxygen atoms in total. The Hall–Kier alpha value is -4.32. The number of benzene rings is 3. The average molecular weight is 496 g/mol. The minimum atomic E-state index is -0.588. The lowest BCUT2D eigenvalue weighted by Crippen LogP contribution is -2.31. The molecule has 37 heavy (non-hydrogen) atoms. The van der Waals surface area contributed by atoms with Crippen molar-refractivity contribution in [3.05, 3.63) is 117 Å². The van der Waals surface area contributed by atoms with E-state index in [9.17, 15) is 9.59 Å². The quantitative estimate of drug-likeness (QED) is 0.290. The number of amides is 1. The summed E-state index contributed by atoms with van der Waals surface area (Å²) in [6, 6.07) is 18.5. The van der Waals surface area contributed by atoms with E-state index < -0.39 is 6.04 Å². The van der Waals surface area contributed by atoms with Crippen LogP contribution in [0.4, 0.5) is 0 Å². The predicted molar refractivity (Wildman–Crippen MR) is 144 cm³/mol. The molecule has 1 atom stereocenters. The zero-order valence-electron chi connectivity index (χ0n) is 21.2. The Morgan fingerprint density at radius 1 is 1.03 bits per heavy atom. The highest BCUT2D eigenvalue weighted by atomic mass is 16.5. The van der Waals surface area contributed by atoms with E-state index in [0.717, 1.165) is 28.0 Å². The lowest BCUT2D eigenvalue weighted by atomic mass is 9.97. The summed E-state index contributed by atoms with van der Waals surface area (Å²) in [4.78, 5) is 29.4. The molecule has 0 saturated carbocycles. The summed E-state index contributed by atoms with van der Waals surface area (Å²) in [7, 11) is 1.63. The molecule has 0 aliphatic carbocycles. The van der Waals surface area contributed by atoms with Gasteiger partial charge in [0.2, 0.25) is 5.76 Å². The van der Waals surface area contributed by atoms with Gasteiger partial charge in [-0.1, -0.05) is 43.0 Å². The molecule has 1 aliphatic rings. The van der Waals surface area contributed by atoms with Crippen LogP contribution in [0.2, 0.25) is 0 Å². The molecule has 1 aromatic heterocycles. The largest absolute Gasteiger partial charge is 0.497 e. The summed E-state index contributed by atoms with van der Waals surface area (Å²) in [5, 5.41) is 0.491. The van der Waals surface area contributed by atoms with Gasteiger partial charge in [0.1, 0.15) is 23.7 Å². The van der Waals surface area contributed by atoms with Gasteiger partial charge in [0.05, 0.1) is 24.1 Å². The zero-order valence-corrected chi connectivity index (χ0v) is 21.2. The molecule has 0 N–H and O–H groups in total. The maximum atomic E-state index is 13.9. The number of ether oxygens (including phenoxy) is 2. The standard InChI is InChI=1S/C31H29NO5/c1-5-15-36-24-8-6-7-22(18-24)27-26-28(33)25-17-19(2)16-20(3)29(25)37-30(26)31(34)32(27)14-13-21-9-11-23(35-4)12-10-21/h5-12,16-18,27H,1,13-15H2,2-4H3. The number of carbonyl (C=O) groups excluding carboxylic acids is 1. The molecule has 0 bridgehead atoms. The fourth-order valence-corrected chi connectivity index (χ4v) is 5.02. The van der Waals surface area contributed by atoms with Gasteiger partial charge in [0.15, 0.2) is 5.43 Å². The predicted octanol–water partition coefficient (Wildman–Crippen LogP) is 5.77. The third-order valence-electron chi connectivity index (χ3n) is 6.74. The Balaban J connectivity index is 1.62. The van der Waals surface area contributed by atoms with Crippen molar-refractivity contribution in [3.63, 3.8) is 0 Å². The van der Waals surface area contributed by atoms with Crippen LogP contribution in [0.25, 0.3) is 11.0 Å². The van der Waals surface area contributed by atoms with Crippen LogP contribution in [0.15, 0.2) is 82.5 Å². The SMILES string of the molecule is C=CCOc1cccc(C2c3c(oc4c(C)cc(C)cc4c3=O)C(=O)N2CCc2ccc(OC)cc2)c1. The molecule has 0 radical (unpaired) electrons. The van der Waals surface area contributed by atoms with Gasteiger partial charge in [-0.2, -0.15) is 0 Å². The number of aryl methyl sites for hydroxylation is 2. The second-order valence-corrected chi connectivity index (χ2v) is 9.30. The van der Waals surface area contributed by atoms with E-state index in [4.69, 9.17) is 13.9 Å². The first-order valence-corrected chi connectivity index (χ1v) is 12.3. The summed E-state index contributed by atoms with van der Waals surface area (Å²) in [5.74, 6) is 1.24. The van der Waals surface area contributed by atoms with Gasteiger partial charge in [0, 0.05) is 6.54 Å². The molecule has 1 amide bonds. The van der Waals surface area contributed by atoms with Crippen LogP contribution in [-0.4, -0.2) is 31.1 Å². The second-order valence-electron chi connectivity index (χ2n) is 9.30. The third kappa shape index (κ3) is 4.51. The first-order valence-electron chi connectivity index (χ1n) is 12.3. The molecule has 0 spiro atoms. The van der Waals surface area contributed by atoms with Crippen LogP contribution in [-0.2, 0) is 6.42 Å². The maximum Gasteiger partial charge on any atom is 0.290 e. The van der Waals surface area contributed by atoms with Crippen LogP contribution in [0.1, 0.15) is 44.4 Å². The molecule has 1 unspecified atom stereocenters. The van der Waals surface area contributed by atoms with E-state index >= 15 is 0 Å². The summed E-state index contributed by atoms with van der Waals surface area (Å²) in [5.41, 5.74) is 4.30. The van der Waals surface area contributed by atoms with Gasteiger partial charge in [-0.25, -0.2) is 0 Å². The van der Waals surface area contributed by atoms with Crippen LogP contribution in [0.3, 0.4) is 0 Å². The first kappa shape index (κ1) is 24.4. The van der Waals surface area contributed by atoms with Crippen LogP contribution in [0, 0.1) is 13.8 Å². The van der Waals surface area contributed by atoms with Crippen molar-refractivity contribution >= 4 is 16.9 Å². The summed E-state index contributed by atoms with van der Waals surface area (Å²) in [6.07, 6.45) is 2.28. The van der Waals surface area contributed by atoms with Gasteiger partial charge < -0.3 is 18.8 Å². The van der Waals surface area contributed by atoms with E-state index in [2.05, 4.69) is 6.58 Å². The molecular weight excluding hydrogens is 466 g/mol. The highest BCUT2D eigenvalue weighted by Crippen LogP contribution is 2.39. The molecule has 0 saturated heterocycles. The number of fused-ring (bicyclic) bond motifs is 2. The van der Waals surface area contributed by atoms with Gasteiger partial charge in [-0.15, -0.1) is 0 Å². The van der Waals surface area contributed by atoms with Gasteiger partial charge in [-0.3, -0.25) is 9.59 Å². The molecule has 5 rings (SSSR count). The van der Waals surface area contributed by atoms with Crippen molar-refractivity contribution in [1.82, 2.24) is 4.90 Å². The van der Waals surface area contributed by atoms with E-state index in [0.29, 0.717) is 41.9 Å². The fraction of sp³-hybridized carbons (Fsp3) is 0.226. The van der Waals surface area contributed by atoms with E-state index in [-0.39, 0.29) is 17.1 Å². The molecule has 1 aliphatic heterocycles. The normalized spacial score (nSPS) is 14.6. The summed E-state index contributed by atoms with van der Waals surface area (Å²) in [6.45, 7) is 8.31. The Morgan fingerprint density at radius 2 is 1.81 bits per heavy atom. The number of rotatable bonds is 8. The van der Waals surface area contributed by atoms with Crippen LogP contribution in [0.5, 0.6) is 11.5 Å². The van der Waals surface area contributed by atoms with Crippen LogP contribution < -0.4 is 14.9 Å². The highest BCUT2D eigenvalue weighted by Gasteiger charge is 2.42. The Labute approximate surface area is 215 Å². The maximum absolute atomic E-state index is 13.9. The van der Waals surface area contributed by atoms with Crippen molar-refractivity contribution in [2.75, 3.05) is 20.3 Å². The van der Waals surface area contributed by atoms with Gasteiger partial charge in [-0.05, 0) is 72.9 Å². The molecule has 6 heteroatoms. The van der Waals surface area contributed by atoms with Crippen molar-refractivity contribution in [2.45, 2.75) is 26.3 Å². The smallest absolute Gasteiger partial charge is 0.290 e. The molecule has 2 heterocycles. The average Bonchev–Trinajstić information content (AvgIpc) is 3.19. The molecular formula is C31H29NO5. The lowest BCUT2D eigenvalue weighted by molar-refractivity contribution is 0.0730. The molecule has 188 valence electrons. The number of methoxy groups -OCH3 is 1. The Morgan fingerprint density at radius 3 is 2.54 bits per heavy atom. The van der Waals surface area contributed by atoms with Crippen LogP contribution >= 0.6 is 0 Å². The van der Waals surface area contributed by atoms with E-state index in [1.807, 2.05) is 74.5 Å². The van der Waals surface area contributed by atoms with Crippen molar-refractivity contribution in [2.24, 2.45) is 0 Å². The first-order chi connectivity index (χ1) is 17.9. The topological polar surface area (TPSA) is 69.0 Å². The highest BCUT2D eigenvalue weighted by molar-refractivity contribution is 5.99. The Kier molecular flexibility index (Phi) is 6.57. The third-order valence-corrected chi connectivity index (χ3v) is 6.74. The summed E-state index contributed by atoms with van der Waals surface area (Å²) < 4.78 is 17.2. The number of carbonyl (C=O) groups is 1. The van der Waals surface area contributed by atoms with E-state index in [1.54, 1.807) is 18.1 Å². The van der Waals surface area contributed by atoms with Gasteiger partial charge in [0.25, 0.3) is 5.91 Å². The monoisotopic (exact) mass is 495 g/mol. The number of hydrogen-bond donors (Lipinski definition) is 0. The number of nitrogens with zero attached hydrogens (tertiary/aromatic N) is 1. The molecule has 4 aromatic rings. The van der Waals surface area contributed by atoms with Crippen molar-refractivity contribution in [1.29, 1.82) is 0 Å². The van der Waals surface area contributed by atoms with Gasteiger partial charge >= 0.3 is 0 Å². The second kappa shape index (κ2) is 9.97. The fourth-order valence-electron chi connectivity index (χ4n) is 5.02. The Bertz CT molecular complexity index is 1550. The minimum Gasteiger partial charge on any atom is -0.497 e.